The van der Waals surface area contributed by atoms with E-state index in [4.69, 9.17) is 27.9 Å². The minimum Gasteiger partial charge on any atom is -0.478 e. The van der Waals surface area contributed by atoms with Crippen molar-refractivity contribution in [2.24, 2.45) is 0 Å². The predicted molar refractivity (Wildman–Crippen MR) is 116 cm³/mol. The fourth-order valence-electron chi connectivity index (χ4n) is 3.08. The molecule has 0 saturated carbocycles. The Hall–Kier alpha value is -1.95. The summed E-state index contributed by atoms with van der Waals surface area (Å²) in [6, 6.07) is 12.5. The molecule has 3 rings (SSSR count). The number of ether oxygens (including phenoxy) is 1. The third-order valence-corrected chi connectivity index (χ3v) is 5.34. The summed E-state index contributed by atoms with van der Waals surface area (Å²) < 4.78 is 5.90. The smallest absolute Gasteiger partial charge is 0.268 e. The first-order valence-corrected chi connectivity index (χ1v) is 10.00. The van der Waals surface area contributed by atoms with Crippen LogP contribution in [0.25, 0.3) is 0 Å². The van der Waals surface area contributed by atoms with Gasteiger partial charge in [-0.2, -0.15) is 0 Å². The van der Waals surface area contributed by atoms with Crippen molar-refractivity contribution in [2.45, 2.75) is 19.4 Å². The topological polar surface area (TPSA) is 44.8 Å². The average Bonchev–Trinajstić information content (AvgIpc) is 2.65. The molecule has 5 nitrogen and oxygen atoms in total. The van der Waals surface area contributed by atoms with Gasteiger partial charge in [0.15, 0.2) is 5.60 Å². The molecule has 28 heavy (non-hydrogen) atoms. The van der Waals surface area contributed by atoms with Gasteiger partial charge in [0.1, 0.15) is 5.75 Å². The Kier molecular flexibility index (Phi) is 6.38. The van der Waals surface area contributed by atoms with E-state index in [0.29, 0.717) is 21.5 Å². The lowest BCUT2D eigenvalue weighted by molar-refractivity contribution is -0.128. The van der Waals surface area contributed by atoms with Crippen LogP contribution in [-0.2, 0) is 4.79 Å². The van der Waals surface area contributed by atoms with Gasteiger partial charge in [-0.25, -0.2) is 0 Å². The van der Waals surface area contributed by atoms with Crippen molar-refractivity contribution in [1.82, 2.24) is 4.90 Å². The largest absolute Gasteiger partial charge is 0.478 e. The van der Waals surface area contributed by atoms with Gasteiger partial charge in [0.05, 0.1) is 16.4 Å². The highest BCUT2D eigenvalue weighted by Gasteiger charge is 2.31. The van der Waals surface area contributed by atoms with E-state index in [-0.39, 0.29) is 5.91 Å². The van der Waals surface area contributed by atoms with E-state index in [1.54, 1.807) is 38.1 Å². The number of rotatable bonds is 5. The SMILES string of the molecule is CN1CCN(c2c(Cl)cccc2NC(=O)C(C)(C)Oc2ccc(Cl)cc2)CC1. The molecule has 2 aromatic carbocycles. The molecule has 1 saturated heterocycles. The number of likely N-dealkylation sites (N-methyl/N-ethyl adjacent to an activating group) is 1. The lowest BCUT2D eigenvalue weighted by Gasteiger charge is -2.36. The van der Waals surface area contributed by atoms with E-state index >= 15 is 0 Å². The number of nitrogens with one attached hydrogen (secondary N) is 1. The number of benzene rings is 2. The molecule has 0 unspecified atom stereocenters. The van der Waals surface area contributed by atoms with E-state index in [1.807, 2.05) is 18.2 Å². The van der Waals surface area contributed by atoms with Crippen LogP contribution in [0.3, 0.4) is 0 Å². The quantitative estimate of drug-likeness (QED) is 0.769. The zero-order valence-electron chi connectivity index (χ0n) is 16.3. The molecule has 0 aromatic heterocycles. The first kappa shape index (κ1) is 20.8. The van der Waals surface area contributed by atoms with Crippen LogP contribution in [0.15, 0.2) is 42.5 Å². The number of hydrogen-bond acceptors (Lipinski definition) is 4. The molecule has 1 amide bonds. The van der Waals surface area contributed by atoms with Crippen LogP contribution in [0.2, 0.25) is 10.0 Å². The molecule has 0 spiro atoms. The Morgan fingerprint density at radius 1 is 1.04 bits per heavy atom. The van der Waals surface area contributed by atoms with Gasteiger partial charge in [0, 0.05) is 31.2 Å². The average molecular weight is 422 g/mol. The zero-order chi connectivity index (χ0) is 20.3. The number of carbonyl (C=O) groups excluding carboxylic acids is 1. The summed E-state index contributed by atoms with van der Waals surface area (Å²) in [5, 5.41) is 4.24. The second-order valence-corrected chi connectivity index (χ2v) is 8.29. The van der Waals surface area contributed by atoms with Crippen LogP contribution in [0.5, 0.6) is 5.75 Å². The van der Waals surface area contributed by atoms with Crippen molar-refractivity contribution in [3.63, 3.8) is 0 Å². The zero-order valence-corrected chi connectivity index (χ0v) is 17.8. The summed E-state index contributed by atoms with van der Waals surface area (Å²) in [6.07, 6.45) is 0. The Labute approximate surface area is 176 Å². The monoisotopic (exact) mass is 421 g/mol. The van der Waals surface area contributed by atoms with Gasteiger partial charge in [-0.1, -0.05) is 29.3 Å². The molecule has 1 aliphatic rings. The van der Waals surface area contributed by atoms with Gasteiger partial charge in [-0.15, -0.1) is 0 Å². The van der Waals surface area contributed by atoms with E-state index in [9.17, 15) is 4.79 Å². The van der Waals surface area contributed by atoms with Crippen molar-refractivity contribution < 1.29 is 9.53 Å². The summed E-state index contributed by atoms with van der Waals surface area (Å²) in [7, 11) is 2.10. The molecule has 0 radical (unpaired) electrons. The number of halogens is 2. The van der Waals surface area contributed by atoms with Crippen molar-refractivity contribution >= 4 is 40.5 Å². The molecular weight excluding hydrogens is 397 g/mol. The molecule has 2 aromatic rings. The third kappa shape index (κ3) is 4.90. The summed E-state index contributed by atoms with van der Waals surface area (Å²) in [6.45, 7) is 7.07. The van der Waals surface area contributed by atoms with Gasteiger partial charge in [0.25, 0.3) is 5.91 Å². The highest BCUT2D eigenvalue weighted by atomic mass is 35.5. The molecular formula is C21H25Cl2N3O2. The van der Waals surface area contributed by atoms with E-state index in [2.05, 4.69) is 22.2 Å². The van der Waals surface area contributed by atoms with Gasteiger partial charge in [-0.3, -0.25) is 4.79 Å². The number of nitrogens with zero attached hydrogens (tertiary/aromatic N) is 2. The molecule has 1 aliphatic heterocycles. The fraction of sp³-hybridized carbons (Fsp3) is 0.381. The summed E-state index contributed by atoms with van der Waals surface area (Å²) in [4.78, 5) is 17.5. The van der Waals surface area contributed by atoms with E-state index in [1.165, 1.54) is 0 Å². The van der Waals surface area contributed by atoms with E-state index in [0.717, 1.165) is 31.9 Å². The molecule has 150 valence electrons. The van der Waals surface area contributed by atoms with Crippen molar-refractivity contribution in [2.75, 3.05) is 43.4 Å². The number of amides is 1. The maximum Gasteiger partial charge on any atom is 0.268 e. The molecule has 0 atom stereocenters. The molecule has 0 bridgehead atoms. The Balaban J connectivity index is 1.77. The van der Waals surface area contributed by atoms with Crippen LogP contribution in [-0.4, -0.2) is 49.6 Å². The predicted octanol–water partition coefficient (Wildman–Crippen LogP) is 4.54. The minimum absolute atomic E-state index is 0.250. The van der Waals surface area contributed by atoms with Crippen LogP contribution in [0, 0.1) is 0 Å². The standard InChI is InChI=1S/C21H25Cl2N3O2/c1-21(2,28-16-9-7-15(22)8-10-16)20(27)24-18-6-4-5-17(23)19(18)26-13-11-25(3)12-14-26/h4-10H,11-14H2,1-3H3,(H,24,27). The summed E-state index contributed by atoms with van der Waals surface area (Å²) in [5.74, 6) is 0.329. The highest BCUT2D eigenvalue weighted by molar-refractivity contribution is 6.34. The lowest BCUT2D eigenvalue weighted by atomic mass is 10.1. The van der Waals surface area contributed by atoms with Gasteiger partial charge >= 0.3 is 0 Å². The Bertz CT molecular complexity index is 832. The molecule has 1 heterocycles. The second kappa shape index (κ2) is 8.60. The number of anilines is 2. The lowest BCUT2D eigenvalue weighted by Crippen LogP contribution is -2.45. The van der Waals surface area contributed by atoms with Crippen molar-refractivity contribution in [1.29, 1.82) is 0 Å². The van der Waals surface area contributed by atoms with Gasteiger partial charge < -0.3 is 19.9 Å². The Morgan fingerprint density at radius 3 is 2.32 bits per heavy atom. The first-order chi connectivity index (χ1) is 13.3. The maximum absolute atomic E-state index is 13.0. The molecule has 0 aliphatic carbocycles. The fourth-order valence-corrected chi connectivity index (χ4v) is 3.50. The minimum atomic E-state index is -1.07. The van der Waals surface area contributed by atoms with E-state index < -0.39 is 5.60 Å². The van der Waals surface area contributed by atoms with Crippen LogP contribution in [0.4, 0.5) is 11.4 Å². The molecule has 1 fully saturated rings. The highest BCUT2D eigenvalue weighted by Crippen LogP contribution is 2.35. The summed E-state index contributed by atoms with van der Waals surface area (Å²) in [5.41, 5.74) is 0.470. The van der Waals surface area contributed by atoms with Gasteiger partial charge in [0.2, 0.25) is 0 Å². The first-order valence-electron chi connectivity index (χ1n) is 9.24. The summed E-state index contributed by atoms with van der Waals surface area (Å²) >= 11 is 12.4. The number of hydrogen-bond donors (Lipinski definition) is 1. The number of para-hydroxylation sites is 1. The van der Waals surface area contributed by atoms with Crippen LogP contribution in [0.1, 0.15) is 13.8 Å². The Morgan fingerprint density at radius 2 is 1.68 bits per heavy atom. The normalized spacial score (nSPS) is 15.4. The van der Waals surface area contributed by atoms with Crippen LogP contribution < -0.4 is 15.0 Å². The maximum atomic E-state index is 13.0. The number of carbonyl (C=O) groups is 1. The van der Waals surface area contributed by atoms with Crippen molar-refractivity contribution in [3.05, 3.63) is 52.5 Å². The second-order valence-electron chi connectivity index (χ2n) is 7.45. The number of piperazine rings is 1. The van der Waals surface area contributed by atoms with Gasteiger partial charge in [-0.05, 0) is 57.3 Å². The third-order valence-electron chi connectivity index (χ3n) is 4.79. The molecule has 7 heteroatoms. The van der Waals surface area contributed by atoms with Crippen molar-refractivity contribution in [3.8, 4) is 5.75 Å². The molecule has 1 N–H and O–H groups in total. The van der Waals surface area contributed by atoms with Crippen LogP contribution >= 0.6 is 23.2 Å².